The number of para-hydroxylation sites is 1. The van der Waals surface area contributed by atoms with E-state index >= 15 is 0 Å². The third-order valence-corrected chi connectivity index (χ3v) is 3.87. The molecule has 1 atom stereocenters. The molecule has 0 aliphatic rings. The molecule has 0 aliphatic carbocycles. The number of nitrogens with zero attached hydrogens (tertiary/aromatic N) is 1. The zero-order chi connectivity index (χ0) is 15.2. The smallest absolute Gasteiger partial charge is 0.270 e. The summed E-state index contributed by atoms with van der Waals surface area (Å²) in [7, 11) is 1.61. The summed E-state index contributed by atoms with van der Waals surface area (Å²) in [5, 5.41) is 14.2. The third kappa shape index (κ3) is 3.80. The van der Waals surface area contributed by atoms with E-state index in [9.17, 15) is 4.79 Å². The zero-order valence-electron chi connectivity index (χ0n) is 12.0. The highest BCUT2D eigenvalue weighted by Gasteiger charge is 2.14. The summed E-state index contributed by atoms with van der Waals surface area (Å²) in [5.74, 6) is 0.529. The van der Waals surface area contributed by atoms with Crippen molar-refractivity contribution in [3.05, 3.63) is 35.3 Å². The van der Waals surface area contributed by atoms with E-state index in [4.69, 9.17) is 9.84 Å². The number of aromatic nitrogens is 1. The molecule has 0 spiro atoms. The van der Waals surface area contributed by atoms with Crippen LogP contribution in [-0.4, -0.2) is 36.3 Å². The maximum Gasteiger partial charge on any atom is 0.270 e. The van der Waals surface area contributed by atoms with Crippen molar-refractivity contribution in [2.24, 2.45) is 5.92 Å². The quantitative estimate of drug-likeness (QED) is 0.858. The number of hydrogen-bond acceptors (Lipinski definition) is 5. The fourth-order valence-electron chi connectivity index (χ4n) is 1.75. The van der Waals surface area contributed by atoms with Crippen LogP contribution in [0.1, 0.15) is 17.4 Å². The Labute approximate surface area is 127 Å². The van der Waals surface area contributed by atoms with Crippen molar-refractivity contribution < 1.29 is 14.6 Å². The lowest BCUT2D eigenvalue weighted by atomic mass is 10.2. The van der Waals surface area contributed by atoms with Crippen molar-refractivity contribution in [2.45, 2.75) is 6.92 Å². The molecule has 1 amide bonds. The number of ether oxygens (including phenoxy) is 1. The van der Waals surface area contributed by atoms with Gasteiger partial charge in [0.05, 0.1) is 12.7 Å². The monoisotopic (exact) mass is 306 g/mol. The van der Waals surface area contributed by atoms with Crippen LogP contribution in [0.2, 0.25) is 0 Å². The van der Waals surface area contributed by atoms with Crippen molar-refractivity contribution in [3.8, 4) is 16.3 Å². The van der Waals surface area contributed by atoms with E-state index in [2.05, 4.69) is 10.3 Å². The van der Waals surface area contributed by atoms with Crippen LogP contribution in [0.3, 0.4) is 0 Å². The van der Waals surface area contributed by atoms with Gasteiger partial charge in [0, 0.05) is 18.5 Å². The minimum Gasteiger partial charge on any atom is -0.496 e. The van der Waals surface area contributed by atoms with Crippen molar-refractivity contribution >= 4 is 17.2 Å². The number of hydrogen-bond donors (Lipinski definition) is 2. The zero-order valence-corrected chi connectivity index (χ0v) is 12.8. The number of benzene rings is 1. The van der Waals surface area contributed by atoms with Crippen LogP contribution in [0, 0.1) is 5.92 Å². The highest BCUT2D eigenvalue weighted by atomic mass is 32.1. The Morgan fingerprint density at radius 1 is 1.48 bits per heavy atom. The molecule has 1 aromatic heterocycles. The van der Waals surface area contributed by atoms with E-state index in [1.165, 1.54) is 11.3 Å². The van der Waals surface area contributed by atoms with Gasteiger partial charge >= 0.3 is 0 Å². The Bertz CT molecular complexity index is 612. The average Bonchev–Trinajstić information content (AvgIpc) is 3.02. The summed E-state index contributed by atoms with van der Waals surface area (Å²) < 4.78 is 5.30. The molecule has 112 valence electrons. The van der Waals surface area contributed by atoms with Gasteiger partial charge in [-0.15, -0.1) is 11.3 Å². The van der Waals surface area contributed by atoms with Crippen LogP contribution in [0.4, 0.5) is 0 Å². The lowest BCUT2D eigenvalue weighted by Crippen LogP contribution is -2.29. The fraction of sp³-hybridized carbons (Fsp3) is 0.333. The number of carbonyl (C=O) groups excluding carboxylic acids is 1. The molecule has 1 unspecified atom stereocenters. The van der Waals surface area contributed by atoms with Gasteiger partial charge in [-0.05, 0) is 18.1 Å². The average molecular weight is 306 g/mol. The van der Waals surface area contributed by atoms with Gasteiger partial charge in [-0.3, -0.25) is 4.79 Å². The van der Waals surface area contributed by atoms with Crippen LogP contribution < -0.4 is 10.1 Å². The number of nitrogens with one attached hydrogen (secondary N) is 1. The Balaban J connectivity index is 2.12. The van der Waals surface area contributed by atoms with E-state index in [0.29, 0.717) is 12.2 Å². The lowest BCUT2D eigenvalue weighted by molar-refractivity contribution is 0.0938. The molecule has 0 aliphatic heterocycles. The van der Waals surface area contributed by atoms with Gasteiger partial charge in [0.2, 0.25) is 0 Å². The largest absolute Gasteiger partial charge is 0.496 e. The Kier molecular flexibility index (Phi) is 5.30. The lowest BCUT2D eigenvalue weighted by Gasteiger charge is -2.08. The van der Waals surface area contributed by atoms with Gasteiger partial charge < -0.3 is 15.2 Å². The van der Waals surface area contributed by atoms with Gasteiger partial charge in [-0.1, -0.05) is 19.1 Å². The second kappa shape index (κ2) is 7.19. The first-order valence-corrected chi connectivity index (χ1v) is 7.51. The summed E-state index contributed by atoms with van der Waals surface area (Å²) in [6.07, 6.45) is 0. The molecule has 6 heteroatoms. The normalized spacial score (nSPS) is 12.0. The molecule has 0 saturated carbocycles. The highest BCUT2D eigenvalue weighted by molar-refractivity contribution is 7.13. The number of methoxy groups -OCH3 is 1. The molecule has 2 N–H and O–H groups in total. The maximum absolute atomic E-state index is 12.0. The van der Waals surface area contributed by atoms with E-state index in [0.717, 1.165) is 16.3 Å². The molecule has 0 bridgehead atoms. The van der Waals surface area contributed by atoms with Crippen LogP contribution in [0.15, 0.2) is 29.6 Å². The van der Waals surface area contributed by atoms with Gasteiger partial charge in [0.15, 0.2) is 0 Å². The SMILES string of the molecule is COc1ccccc1-c1nc(C(=O)NCC(C)CO)cs1. The van der Waals surface area contributed by atoms with E-state index in [-0.39, 0.29) is 18.4 Å². The minimum absolute atomic E-state index is 0.0290. The second-order valence-corrected chi connectivity index (χ2v) is 5.59. The van der Waals surface area contributed by atoms with Crippen LogP contribution in [0.25, 0.3) is 10.6 Å². The van der Waals surface area contributed by atoms with Gasteiger partial charge in [0.1, 0.15) is 16.5 Å². The minimum atomic E-state index is -0.229. The van der Waals surface area contributed by atoms with Gasteiger partial charge in [0.25, 0.3) is 5.91 Å². The molecule has 2 rings (SSSR count). The summed E-state index contributed by atoms with van der Waals surface area (Å²) in [4.78, 5) is 16.3. The van der Waals surface area contributed by atoms with E-state index < -0.39 is 0 Å². The number of thiazole rings is 1. The molecule has 0 saturated heterocycles. The molecule has 2 aromatic rings. The second-order valence-electron chi connectivity index (χ2n) is 4.74. The number of rotatable bonds is 6. The van der Waals surface area contributed by atoms with Crippen LogP contribution in [-0.2, 0) is 0 Å². The van der Waals surface area contributed by atoms with Crippen molar-refractivity contribution in [2.75, 3.05) is 20.3 Å². The molecule has 21 heavy (non-hydrogen) atoms. The molecule has 1 heterocycles. The fourth-order valence-corrected chi connectivity index (χ4v) is 2.57. The molecular formula is C15H18N2O3S. The summed E-state index contributed by atoms with van der Waals surface area (Å²) in [6, 6.07) is 7.56. The maximum atomic E-state index is 12.0. The first-order valence-electron chi connectivity index (χ1n) is 6.63. The Hall–Kier alpha value is -1.92. The predicted molar refractivity (Wildman–Crippen MR) is 82.7 cm³/mol. The molecular weight excluding hydrogens is 288 g/mol. The highest BCUT2D eigenvalue weighted by Crippen LogP contribution is 2.31. The molecule has 1 aromatic carbocycles. The number of aliphatic hydroxyl groups is 1. The third-order valence-electron chi connectivity index (χ3n) is 3.00. The van der Waals surface area contributed by atoms with Crippen molar-refractivity contribution in [1.82, 2.24) is 10.3 Å². The topological polar surface area (TPSA) is 71.5 Å². The number of carbonyl (C=O) groups is 1. The van der Waals surface area contributed by atoms with E-state index in [1.807, 2.05) is 31.2 Å². The van der Waals surface area contributed by atoms with Gasteiger partial charge in [-0.2, -0.15) is 0 Å². The van der Waals surface area contributed by atoms with Crippen molar-refractivity contribution in [3.63, 3.8) is 0 Å². The first-order chi connectivity index (χ1) is 10.2. The molecule has 0 radical (unpaired) electrons. The van der Waals surface area contributed by atoms with Crippen LogP contribution >= 0.6 is 11.3 Å². The predicted octanol–water partition coefficient (Wildman–Crippen LogP) is 2.18. The first kappa shape index (κ1) is 15.5. The van der Waals surface area contributed by atoms with E-state index in [1.54, 1.807) is 12.5 Å². The Morgan fingerprint density at radius 2 is 2.24 bits per heavy atom. The number of amides is 1. The molecule has 5 nitrogen and oxygen atoms in total. The van der Waals surface area contributed by atoms with Gasteiger partial charge in [-0.25, -0.2) is 4.98 Å². The number of aliphatic hydroxyl groups excluding tert-OH is 1. The Morgan fingerprint density at radius 3 is 2.95 bits per heavy atom. The molecule has 0 fully saturated rings. The summed E-state index contributed by atoms with van der Waals surface area (Å²) in [5.41, 5.74) is 1.25. The van der Waals surface area contributed by atoms with Crippen molar-refractivity contribution in [1.29, 1.82) is 0 Å². The van der Waals surface area contributed by atoms with Crippen LogP contribution in [0.5, 0.6) is 5.75 Å². The standard InChI is InChI=1S/C15H18N2O3S/c1-10(8-18)7-16-14(19)12-9-21-15(17-12)11-5-3-4-6-13(11)20-2/h3-6,9-10,18H,7-8H2,1-2H3,(H,16,19). The summed E-state index contributed by atoms with van der Waals surface area (Å²) >= 11 is 1.40. The summed E-state index contributed by atoms with van der Waals surface area (Å²) in [6.45, 7) is 2.34.